The first-order valence-electron chi connectivity index (χ1n) is 7.32. The van der Waals surface area contributed by atoms with Crippen LogP contribution in [0, 0.1) is 0 Å². The zero-order valence-corrected chi connectivity index (χ0v) is 12.0. The van der Waals surface area contributed by atoms with Crippen molar-refractivity contribution in [2.45, 2.75) is 32.4 Å². The molecule has 1 fully saturated rings. The first-order valence-corrected chi connectivity index (χ1v) is 7.32. The van der Waals surface area contributed by atoms with Crippen molar-refractivity contribution >= 4 is 0 Å². The Balaban J connectivity index is 2.06. The van der Waals surface area contributed by atoms with E-state index < -0.39 is 0 Å². The van der Waals surface area contributed by atoms with Gasteiger partial charge in [-0.1, -0.05) is 19.9 Å². The van der Waals surface area contributed by atoms with Crippen molar-refractivity contribution in [1.82, 2.24) is 15.2 Å². The van der Waals surface area contributed by atoms with Gasteiger partial charge in [0.25, 0.3) is 0 Å². The van der Waals surface area contributed by atoms with Crippen molar-refractivity contribution in [2.24, 2.45) is 0 Å². The molecule has 0 aromatic carbocycles. The molecule has 19 heavy (non-hydrogen) atoms. The summed E-state index contributed by atoms with van der Waals surface area (Å²) in [5.41, 5.74) is 1.22. The molecule has 2 atom stereocenters. The van der Waals surface area contributed by atoms with Gasteiger partial charge in [0.05, 0.1) is 18.8 Å². The smallest absolute Gasteiger partial charge is 0.0897 e. The maximum atomic E-state index is 5.99. The maximum absolute atomic E-state index is 5.99. The van der Waals surface area contributed by atoms with E-state index in [1.165, 1.54) is 12.0 Å². The second-order valence-electron chi connectivity index (χ2n) is 5.03. The second kappa shape index (κ2) is 7.58. The molecule has 1 aromatic rings. The fraction of sp³-hybridized carbons (Fsp3) is 0.667. The molecule has 0 amide bonds. The summed E-state index contributed by atoms with van der Waals surface area (Å²) in [5.74, 6) is 0. The molecule has 1 aliphatic heterocycles. The van der Waals surface area contributed by atoms with Gasteiger partial charge in [-0.25, -0.2) is 0 Å². The van der Waals surface area contributed by atoms with Gasteiger partial charge in [-0.2, -0.15) is 0 Å². The van der Waals surface area contributed by atoms with Crippen molar-refractivity contribution in [3.63, 3.8) is 0 Å². The normalized spacial score (nSPS) is 22.3. The van der Waals surface area contributed by atoms with Gasteiger partial charge in [0.15, 0.2) is 0 Å². The Kier molecular flexibility index (Phi) is 5.76. The SMILES string of the molecule is CCCN1CCOC(C(NCC)c2cccnc2)C1. The van der Waals surface area contributed by atoms with E-state index in [2.05, 4.69) is 35.1 Å². The van der Waals surface area contributed by atoms with E-state index in [0.29, 0.717) is 0 Å². The van der Waals surface area contributed by atoms with E-state index >= 15 is 0 Å². The van der Waals surface area contributed by atoms with Crippen LogP contribution in [0.5, 0.6) is 0 Å². The first kappa shape index (κ1) is 14.4. The van der Waals surface area contributed by atoms with Gasteiger partial charge >= 0.3 is 0 Å². The van der Waals surface area contributed by atoms with E-state index in [-0.39, 0.29) is 12.1 Å². The molecule has 1 N–H and O–H groups in total. The molecule has 0 saturated carbocycles. The Bertz CT molecular complexity index is 356. The fourth-order valence-corrected chi connectivity index (χ4v) is 2.70. The monoisotopic (exact) mass is 263 g/mol. The summed E-state index contributed by atoms with van der Waals surface area (Å²) in [7, 11) is 0. The fourth-order valence-electron chi connectivity index (χ4n) is 2.70. The predicted molar refractivity (Wildman–Crippen MR) is 77.1 cm³/mol. The van der Waals surface area contributed by atoms with Gasteiger partial charge in [0, 0.05) is 25.5 Å². The number of hydrogen-bond donors (Lipinski definition) is 1. The van der Waals surface area contributed by atoms with Gasteiger partial charge in [-0.15, -0.1) is 0 Å². The number of likely N-dealkylation sites (N-methyl/N-ethyl adjacent to an activating group) is 1. The highest BCUT2D eigenvalue weighted by Gasteiger charge is 2.28. The predicted octanol–water partition coefficient (Wildman–Crippen LogP) is 1.84. The van der Waals surface area contributed by atoms with Gasteiger partial charge in [-0.3, -0.25) is 9.88 Å². The van der Waals surface area contributed by atoms with Crippen LogP contribution in [-0.4, -0.2) is 48.8 Å². The van der Waals surface area contributed by atoms with E-state index in [4.69, 9.17) is 4.74 Å². The van der Waals surface area contributed by atoms with Gasteiger partial charge in [0.1, 0.15) is 0 Å². The van der Waals surface area contributed by atoms with E-state index in [1.807, 2.05) is 18.5 Å². The van der Waals surface area contributed by atoms with Crippen LogP contribution in [0.3, 0.4) is 0 Å². The Morgan fingerprint density at radius 2 is 2.42 bits per heavy atom. The summed E-state index contributed by atoms with van der Waals surface area (Å²) >= 11 is 0. The molecule has 2 rings (SSSR count). The molecule has 2 unspecified atom stereocenters. The summed E-state index contributed by atoms with van der Waals surface area (Å²) in [4.78, 5) is 6.72. The Hall–Kier alpha value is -0.970. The summed E-state index contributed by atoms with van der Waals surface area (Å²) in [6.07, 6.45) is 5.17. The van der Waals surface area contributed by atoms with Crippen LogP contribution in [0.15, 0.2) is 24.5 Å². The number of morpholine rings is 1. The van der Waals surface area contributed by atoms with Crippen LogP contribution in [0.2, 0.25) is 0 Å². The minimum atomic E-state index is 0.212. The average molecular weight is 263 g/mol. The number of pyridine rings is 1. The largest absolute Gasteiger partial charge is 0.374 e. The molecule has 4 nitrogen and oxygen atoms in total. The number of hydrogen-bond acceptors (Lipinski definition) is 4. The van der Waals surface area contributed by atoms with Crippen LogP contribution in [0.4, 0.5) is 0 Å². The highest BCUT2D eigenvalue weighted by Crippen LogP contribution is 2.21. The third-order valence-electron chi connectivity index (χ3n) is 3.56. The lowest BCUT2D eigenvalue weighted by molar-refractivity contribution is -0.0468. The lowest BCUT2D eigenvalue weighted by atomic mass is 10.0. The van der Waals surface area contributed by atoms with Crippen LogP contribution in [0.25, 0.3) is 0 Å². The van der Waals surface area contributed by atoms with Crippen molar-refractivity contribution < 1.29 is 4.74 Å². The molecule has 2 heterocycles. The summed E-state index contributed by atoms with van der Waals surface area (Å²) in [6.45, 7) is 9.34. The molecule has 1 aromatic heterocycles. The van der Waals surface area contributed by atoms with Gasteiger partial charge in [0.2, 0.25) is 0 Å². The van der Waals surface area contributed by atoms with Crippen molar-refractivity contribution in [1.29, 1.82) is 0 Å². The maximum Gasteiger partial charge on any atom is 0.0897 e. The van der Waals surface area contributed by atoms with E-state index in [9.17, 15) is 0 Å². The topological polar surface area (TPSA) is 37.4 Å². The minimum absolute atomic E-state index is 0.212. The zero-order chi connectivity index (χ0) is 13.5. The highest BCUT2D eigenvalue weighted by molar-refractivity contribution is 5.16. The standard InChI is InChI=1S/C15H25N3O/c1-3-8-18-9-10-19-14(12-18)15(17-4-2)13-6-5-7-16-11-13/h5-7,11,14-15,17H,3-4,8-10,12H2,1-2H3. The zero-order valence-electron chi connectivity index (χ0n) is 12.0. The summed E-state index contributed by atoms with van der Waals surface area (Å²) in [5, 5.41) is 3.54. The number of nitrogens with zero attached hydrogens (tertiary/aromatic N) is 2. The number of ether oxygens (including phenoxy) is 1. The molecule has 0 radical (unpaired) electrons. The van der Waals surface area contributed by atoms with Crippen LogP contribution in [-0.2, 0) is 4.74 Å². The molecule has 4 heteroatoms. The summed E-state index contributed by atoms with van der Waals surface area (Å²) in [6, 6.07) is 4.35. The Morgan fingerprint density at radius 1 is 1.53 bits per heavy atom. The molecule has 0 spiro atoms. The van der Waals surface area contributed by atoms with Crippen molar-refractivity contribution in [3.8, 4) is 0 Å². The minimum Gasteiger partial charge on any atom is -0.374 e. The Morgan fingerprint density at radius 3 is 3.11 bits per heavy atom. The van der Waals surface area contributed by atoms with Crippen LogP contribution < -0.4 is 5.32 Å². The average Bonchev–Trinajstić information content (AvgIpc) is 2.46. The van der Waals surface area contributed by atoms with E-state index in [0.717, 1.165) is 32.8 Å². The molecule has 1 aliphatic rings. The second-order valence-corrected chi connectivity index (χ2v) is 5.03. The van der Waals surface area contributed by atoms with Crippen LogP contribution >= 0.6 is 0 Å². The quantitative estimate of drug-likeness (QED) is 0.850. The van der Waals surface area contributed by atoms with Crippen molar-refractivity contribution in [2.75, 3.05) is 32.8 Å². The molecule has 106 valence electrons. The number of aromatic nitrogens is 1. The molecule has 1 saturated heterocycles. The summed E-state index contributed by atoms with van der Waals surface area (Å²) < 4.78 is 5.99. The van der Waals surface area contributed by atoms with Crippen molar-refractivity contribution in [3.05, 3.63) is 30.1 Å². The molecule has 0 bridgehead atoms. The third-order valence-corrected chi connectivity index (χ3v) is 3.56. The number of nitrogens with one attached hydrogen (secondary N) is 1. The molecular weight excluding hydrogens is 238 g/mol. The first-order chi connectivity index (χ1) is 9.35. The van der Waals surface area contributed by atoms with Gasteiger partial charge < -0.3 is 10.1 Å². The van der Waals surface area contributed by atoms with Crippen LogP contribution in [0.1, 0.15) is 31.9 Å². The Labute approximate surface area is 116 Å². The lowest BCUT2D eigenvalue weighted by Crippen LogP contribution is -2.48. The third kappa shape index (κ3) is 4.00. The molecule has 0 aliphatic carbocycles. The van der Waals surface area contributed by atoms with Gasteiger partial charge in [-0.05, 0) is 31.1 Å². The number of rotatable bonds is 6. The highest BCUT2D eigenvalue weighted by atomic mass is 16.5. The molecular formula is C15H25N3O. The lowest BCUT2D eigenvalue weighted by Gasteiger charge is -2.37. The van der Waals surface area contributed by atoms with E-state index in [1.54, 1.807) is 0 Å².